The van der Waals surface area contributed by atoms with Crippen molar-refractivity contribution in [2.45, 2.75) is 13.2 Å². The van der Waals surface area contributed by atoms with Gasteiger partial charge >= 0.3 is 0 Å². The van der Waals surface area contributed by atoms with E-state index in [1.54, 1.807) is 12.1 Å². The maximum absolute atomic E-state index is 13.6. The first kappa shape index (κ1) is 15.4. The molecular weight excluding hydrogens is 289 g/mol. The summed E-state index contributed by atoms with van der Waals surface area (Å²) in [6.07, 6.45) is 5.16. The topological polar surface area (TPSA) is 21.3 Å². The van der Waals surface area contributed by atoms with Crippen LogP contribution in [0.5, 0.6) is 5.75 Å². The van der Waals surface area contributed by atoms with Crippen molar-refractivity contribution in [1.82, 2.24) is 5.32 Å². The fourth-order valence-electron chi connectivity index (χ4n) is 1.81. The fourth-order valence-corrected chi connectivity index (χ4v) is 2.03. The van der Waals surface area contributed by atoms with E-state index in [0.29, 0.717) is 29.4 Å². The summed E-state index contributed by atoms with van der Waals surface area (Å²) in [5.74, 6) is 2.81. The summed E-state index contributed by atoms with van der Waals surface area (Å²) in [4.78, 5) is 0. The van der Waals surface area contributed by atoms with Gasteiger partial charge in [-0.05, 0) is 29.8 Å². The van der Waals surface area contributed by atoms with E-state index < -0.39 is 0 Å². The van der Waals surface area contributed by atoms with Crippen LogP contribution < -0.4 is 10.1 Å². The second-order valence-electron chi connectivity index (χ2n) is 4.44. The van der Waals surface area contributed by atoms with Crippen molar-refractivity contribution >= 4 is 11.6 Å². The van der Waals surface area contributed by atoms with Gasteiger partial charge in [0.25, 0.3) is 0 Å². The van der Waals surface area contributed by atoms with E-state index >= 15 is 0 Å². The summed E-state index contributed by atoms with van der Waals surface area (Å²) in [5.41, 5.74) is 1.46. The minimum absolute atomic E-state index is 0.0974. The zero-order valence-electron chi connectivity index (χ0n) is 11.4. The molecule has 108 valence electrons. The summed E-state index contributed by atoms with van der Waals surface area (Å²) in [6.45, 7) is 1.33. The van der Waals surface area contributed by atoms with Gasteiger partial charge in [-0.1, -0.05) is 35.7 Å². The molecule has 2 nitrogen and oxygen atoms in total. The molecule has 21 heavy (non-hydrogen) atoms. The Morgan fingerprint density at radius 3 is 2.62 bits per heavy atom. The number of hydrogen-bond donors (Lipinski definition) is 1. The number of nitrogens with one attached hydrogen (secondary N) is 1. The van der Waals surface area contributed by atoms with Crippen LogP contribution in [-0.2, 0) is 13.2 Å². The molecule has 0 heterocycles. The lowest BCUT2D eigenvalue weighted by Crippen LogP contribution is -2.12. The molecule has 4 heteroatoms. The van der Waals surface area contributed by atoms with Crippen LogP contribution in [0, 0.1) is 18.2 Å². The summed E-state index contributed by atoms with van der Waals surface area (Å²) in [5, 5.41) is 3.47. The van der Waals surface area contributed by atoms with Crippen LogP contribution in [0.4, 0.5) is 4.39 Å². The van der Waals surface area contributed by atoms with Crippen molar-refractivity contribution in [2.75, 3.05) is 6.54 Å². The molecule has 2 aromatic rings. The van der Waals surface area contributed by atoms with Gasteiger partial charge in [0.15, 0.2) is 0 Å². The Morgan fingerprint density at radius 2 is 1.95 bits per heavy atom. The maximum Gasteiger partial charge on any atom is 0.131 e. The zero-order chi connectivity index (χ0) is 15.1. The Morgan fingerprint density at radius 1 is 1.19 bits per heavy atom. The van der Waals surface area contributed by atoms with E-state index in [1.807, 2.05) is 24.3 Å². The van der Waals surface area contributed by atoms with E-state index in [-0.39, 0.29) is 12.4 Å². The monoisotopic (exact) mass is 303 g/mol. The van der Waals surface area contributed by atoms with Gasteiger partial charge in [0.2, 0.25) is 0 Å². The summed E-state index contributed by atoms with van der Waals surface area (Å²) in [6, 6.07) is 12.1. The van der Waals surface area contributed by atoms with Gasteiger partial charge < -0.3 is 10.1 Å². The molecule has 0 unspecified atom stereocenters. The van der Waals surface area contributed by atoms with Crippen molar-refractivity contribution in [3.63, 3.8) is 0 Å². The molecule has 0 saturated carbocycles. The second-order valence-corrected chi connectivity index (χ2v) is 4.85. The molecule has 0 aliphatic heterocycles. The number of ether oxygens (including phenoxy) is 1. The lowest BCUT2D eigenvalue weighted by molar-refractivity contribution is 0.300. The predicted octanol–water partition coefficient (Wildman–Crippen LogP) is 3.78. The predicted molar refractivity (Wildman–Crippen MR) is 82.7 cm³/mol. The first-order chi connectivity index (χ1) is 10.2. The van der Waals surface area contributed by atoms with Crippen LogP contribution in [0.2, 0.25) is 5.02 Å². The maximum atomic E-state index is 13.6. The summed E-state index contributed by atoms with van der Waals surface area (Å²) < 4.78 is 19.2. The van der Waals surface area contributed by atoms with Gasteiger partial charge in [-0.25, -0.2) is 4.39 Å². The van der Waals surface area contributed by atoms with E-state index in [9.17, 15) is 4.39 Å². The number of terminal acetylenes is 1. The van der Waals surface area contributed by atoms with Crippen molar-refractivity contribution in [2.24, 2.45) is 0 Å². The third kappa shape index (κ3) is 4.49. The number of hydrogen-bond acceptors (Lipinski definition) is 2. The Labute approximate surface area is 128 Å². The number of rotatable bonds is 6. The molecule has 0 amide bonds. The largest absolute Gasteiger partial charge is 0.489 e. The molecule has 0 radical (unpaired) electrons. The first-order valence-corrected chi connectivity index (χ1v) is 6.87. The van der Waals surface area contributed by atoms with E-state index in [1.165, 1.54) is 6.07 Å². The highest BCUT2D eigenvalue weighted by Gasteiger charge is 2.07. The van der Waals surface area contributed by atoms with Gasteiger partial charge in [-0.15, -0.1) is 6.42 Å². The molecule has 0 atom stereocenters. The van der Waals surface area contributed by atoms with Crippen LogP contribution in [0.3, 0.4) is 0 Å². The van der Waals surface area contributed by atoms with Gasteiger partial charge in [-0.3, -0.25) is 0 Å². The van der Waals surface area contributed by atoms with Gasteiger partial charge in [0.1, 0.15) is 18.2 Å². The van der Waals surface area contributed by atoms with Gasteiger partial charge in [0, 0.05) is 12.1 Å². The lowest BCUT2D eigenvalue weighted by atomic mass is 10.2. The highest BCUT2D eigenvalue weighted by Crippen LogP contribution is 2.21. The van der Waals surface area contributed by atoms with Crippen molar-refractivity contribution < 1.29 is 9.13 Å². The van der Waals surface area contributed by atoms with E-state index in [2.05, 4.69) is 11.2 Å². The van der Waals surface area contributed by atoms with Crippen LogP contribution in [0.15, 0.2) is 42.5 Å². The van der Waals surface area contributed by atoms with Crippen molar-refractivity contribution in [3.05, 3.63) is 64.4 Å². The van der Waals surface area contributed by atoms with Gasteiger partial charge in [0.05, 0.1) is 11.6 Å². The molecule has 0 aromatic heterocycles. The van der Waals surface area contributed by atoms with Crippen LogP contribution in [-0.4, -0.2) is 6.54 Å². The molecule has 0 aliphatic rings. The van der Waals surface area contributed by atoms with Crippen molar-refractivity contribution in [3.8, 4) is 18.1 Å². The van der Waals surface area contributed by atoms with Crippen LogP contribution in [0.1, 0.15) is 11.1 Å². The Balaban J connectivity index is 1.93. The molecule has 0 spiro atoms. The highest BCUT2D eigenvalue weighted by atomic mass is 35.5. The first-order valence-electron chi connectivity index (χ1n) is 6.49. The summed E-state index contributed by atoms with van der Waals surface area (Å²) >= 11 is 5.95. The third-order valence-corrected chi connectivity index (χ3v) is 3.28. The van der Waals surface area contributed by atoms with Crippen LogP contribution in [0.25, 0.3) is 0 Å². The summed E-state index contributed by atoms with van der Waals surface area (Å²) in [7, 11) is 0. The van der Waals surface area contributed by atoms with E-state index in [0.717, 1.165) is 5.56 Å². The Hall–Kier alpha value is -2.02. The standard InChI is InChI=1S/C17H15ClFNO/c1-2-10-20-11-13-6-8-14(9-7-13)21-12-15-16(18)4-3-5-17(15)19/h1,3-9,20H,10-12H2. The molecule has 0 fully saturated rings. The SMILES string of the molecule is C#CCNCc1ccc(OCc2c(F)cccc2Cl)cc1. The average molecular weight is 304 g/mol. The van der Waals surface area contributed by atoms with E-state index in [4.69, 9.17) is 22.8 Å². The highest BCUT2D eigenvalue weighted by molar-refractivity contribution is 6.31. The normalized spacial score (nSPS) is 10.1. The van der Waals surface area contributed by atoms with Gasteiger partial charge in [-0.2, -0.15) is 0 Å². The Bertz CT molecular complexity index is 614. The number of benzene rings is 2. The lowest BCUT2D eigenvalue weighted by Gasteiger charge is -2.09. The molecule has 1 N–H and O–H groups in total. The smallest absolute Gasteiger partial charge is 0.131 e. The van der Waals surface area contributed by atoms with Crippen molar-refractivity contribution in [1.29, 1.82) is 0 Å². The molecule has 2 aromatic carbocycles. The average Bonchev–Trinajstić information content (AvgIpc) is 2.48. The quantitative estimate of drug-likeness (QED) is 0.648. The Kier molecular flexibility index (Phi) is 5.62. The molecule has 0 aliphatic carbocycles. The second kappa shape index (κ2) is 7.68. The third-order valence-electron chi connectivity index (χ3n) is 2.92. The molecule has 0 bridgehead atoms. The molecule has 0 saturated heterocycles. The minimum Gasteiger partial charge on any atom is -0.489 e. The zero-order valence-corrected chi connectivity index (χ0v) is 12.2. The fraction of sp³-hybridized carbons (Fsp3) is 0.176. The number of halogens is 2. The van der Waals surface area contributed by atoms with Crippen LogP contribution >= 0.6 is 11.6 Å². The molecular formula is C17H15ClFNO. The minimum atomic E-state index is -0.363. The molecule has 2 rings (SSSR count).